The molecule has 2 N–H and O–H groups in total. The standard InChI is InChI=1S/C37H64O6/c1-3-4-5-6-7-8-9-10-11-12-13-14-15-19-22-33(39)34-25-26-36(43-34)35-24-23-32(42-35)21-18-16-17-20-31(38)28-30-27-29(2)41-37(30)40/h14-15,27,29,31-36,38-39H,3-13,16-26,28H2,1-2H3. The van der Waals surface area contributed by atoms with Crippen LogP contribution in [-0.2, 0) is 19.0 Å². The van der Waals surface area contributed by atoms with Crippen LogP contribution in [0.25, 0.3) is 0 Å². The fourth-order valence-electron chi connectivity index (χ4n) is 6.97. The molecule has 6 heteroatoms. The molecule has 0 aromatic carbocycles. The van der Waals surface area contributed by atoms with Gasteiger partial charge in [-0.15, -0.1) is 0 Å². The van der Waals surface area contributed by atoms with E-state index in [2.05, 4.69) is 19.1 Å². The normalized spacial score (nSPS) is 27.2. The number of carbonyl (C=O) groups is 1. The maximum atomic E-state index is 11.7. The van der Waals surface area contributed by atoms with Crippen LogP contribution in [0.2, 0.25) is 0 Å². The number of ether oxygens (including phenoxy) is 3. The first-order valence-electron chi connectivity index (χ1n) is 18.2. The van der Waals surface area contributed by atoms with E-state index in [9.17, 15) is 15.0 Å². The topological polar surface area (TPSA) is 85.2 Å². The number of allylic oxidation sites excluding steroid dienone is 2. The van der Waals surface area contributed by atoms with E-state index in [0.717, 1.165) is 70.6 Å². The molecule has 0 aromatic heterocycles. The van der Waals surface area contributed by atoms with Crippen molar-refractivity contribution in [2.45, 2.75) is 204 Å². The SMILES string of the molecule is CCCCCCCCCCCCC=CCCC(O)C1CCC(C2CCC(CCCCCC(O)CC3=CC(C)OC3=O)O2)O1. The van der Waals surface area contributed by atoms with Gasteiger partial charge in [0.2, 0.25) is 0 Å². The van der Waals surface area contributed by atoms with Gasteiger partial charge in [0.1, 0.15) is 6.10 Å². The van der Waals surface area contributed by atoms with Crippen molar-refractivity contribution in [3.63, 3.8) is 0 Å². The van der Waals surface area contributed by atoms with Gasteiger partial charge >= 0.3 is 5.97 Å². The van der Waals surface area contributed by atoms with E-state index < -0.39 is 12.2 Å². The van der Waals surface area contributed by atoms with Crippen LogP contribution in [0.4, 0.5) is 0 Å². The van der Waals surface area contributed by atoms with Crippen molar-refractivity contribution in [3.8, 4) is 0 Å². The molecule has 0 saturated carbocycles. The van der Waals surface area contributed by atoms with Crippen molar-refractivity contribution in [2.24, 2.45) is 0 Å². The fourth-order valence-corrected chi connectivity index (χ4v) is 6.97. The van der Waals surface area contributed by atoms with Gasteiger partial charge in [0.05, 0.1) is 36.6 Å². The second-order valence-corrected chi connectivity index (χ2v) is 13.5. The number of cyclic esters (lactones) is 1. The third-order valence-corrected chi connectivity index (χ3v) is 9.60. The number of hydrogen-bond donors (Lipinski definition) is 2. The zero-order valence-corrected chi connectivity index (χ0v) is 27.6. The Kier molecular flexibility index (Phi) is 18.1. The lowest BCUT2D eigenvalue weighted by molar-refractivity contribution is -0.139. The van der Waals surface area contributed by atoms with Gasteiger partial charge in [-0.25, -0.2) is 4.79 Å². The number of esters is 1. The van der Waals surface area contributed by atoms with Crippen LogP contribution in [0.5, 0.6) is 0 Å². The van der Waals surface area contributed by atoms with Gasteiger partial charge < -0.3 is 24.4 Å². The molecule has 0 radical (unpaired) electrons. The van der Waals surface area contributed by atoms with Crippen molar-refractivity contribution in [3.05, 3.63) is 23.8 Å². The first kappa shape index (κ1) is 36.3. The van der Waals surface area contributed by atoms with Crippen LogP contribution < -0.4 is 0 Å². The summed E-state index contributed by atoms with van der Waals surface area (Å²) in [7, 11) is 0. The highest BCUT2D eigenvalue weighted by Crippen LogP contribution is 2.34. The molecule has 3 aliphatic heterocycles. The molecular formula is C37H64O6. The Morgan fingerprint density at radius 1 is 0.791 bits per heavy atom. The maximum Gasteiger partial charge on any atom is 0.334 e. The van der Waals surface area contributed by atoms with Gasteiger partial charge in [-0.1, -0.05) is 96.1 Å². The van der Waals surface area contributed by atoms with E-state index in [0.29, 0.717) is 24.5 Å². The predicted octanol–water partition coefficient (Wildman–Crippen LogP) is 8.66. The molecule has 248 valence electrons. The molecule has 0 amide bonds. The molecule has 43 heavy (non-hydrogen) atoms. The largest absolute Gasteiger partial charge is 0.455 e. The molecular weight excluding hydrogens is 540 g/mol. The number of aliphatic hydroxyl groups is 2. The average molecular weight is 605 g/mol. The lowest BCUT2D eigenvalue weighted by Gasteiger charge is -2.22. The Bertz CT molecular complexity index is 809. The average Bonchev–Trinajstić information content (AvgIpc) is 3.73. The Balaban J connectivity index is 1.14. The van der Waals surface area contributed by atoms with Crippen molar-refractivity contribution in [1.29, 1.82) is 0 Å². The molecule has 3 heterocycles. The molecule has 0 bridgehead atoms. The smallest absolute Gasteiger partial charge is 0.334 e. The Labute approximate surface area is 263 Å². The van der Waals surface area contributed by atoms with Crippen molar-refractivity contribution in [1.82, 2.24) is 0 Å². The van der Waals surface area contributed by atoms with Gasteiger partial charge in [0.25, 0.3) is 0 Å². The summed E-state index contributed by atoms with van der Waals surface area (Å²) in [6.07, 6.45) is 31.7. The molecule has 7 atom stereocenters. The van der Waals surface area contributed by atoms with Crippen LogP contribution in [0.3, 0.4) is 0 Å². The summed E-state index contributed by atoms with van der Waals surface area (Å²) in [4.78, 5) is 11.7. The quantitative estimate of drug-likeness (QED) is 0.0651. The van der Waals surface area contributed by atoms with Gasteiger partial charge in [-0.05, 0) is 77.2 Å². The number of hydrogen-bond acceptors (Lipinski definition) is 6. The van der Waals surface area contributed by atoms with Crippen LogP contribution in [0.15, 0.2) is 23.8 Å². The maximum absolute atomic E-state index is 11.7. The third kappa shape index (κ3) is 14.6. The highest BCUT2D eigenvalue weighted by atomic mass is 16.6. The zero-order chi connectivity index (χ0) is 30.7. The molecule has 6 nitrogen and oxygen atoms in total. The van der Waals surface area contributed by atoms with Crippen molar-refractivity contribution < 1.29 is 29.2 Å². The van der Waals surface area contributed by atoms with Crippen LogP contribution in [0, 0.1) is 0 Å². The highest BCUT2D eigenvalue weighted by Gasteiger charge is 2.39. The van der Waals surface area contributed by atoms with Gasteiger partial charge in [0.15, 0.2) is 0 Å². The number of rotatable bonds is 24. The first-order chi connectivity index (χ1) is 21.0. The number of carbonyl (C=O) groups excluding carboxylic acids is 1. The molecule has 3 rings (SSSR count). The summed E-state index contributed by atoms with van der Waals surface area (Å²) >= 11 is 0. The first-order valence-corrected chi connectivity index (χ1v) is 18.2. The molecule has 0 aromatic rings. The van der Waals surface area contributed by atoms with E-state index in [-0.39, 0.29) is 30.4 Å². The summed E-state index contributed by atoms with van der Waals surface area (Å²) in [6, 6.07) is 0. The van der Waals surface area contributed by atoms with Gasteiger partial charge in [-0.3, -0.25) is 0 Å². The Hall–Kier alpha value is -1.21. The summed E-state index contributed by atoms with van der Waals surface area (Å²) in [5.74, 6) is -0.284. The van der Waals surface area contributed by atoms with E-state index >= 15 is 0 Å². The molecule has 0 aliphatic carbocycles. The van der Waals surface area contributed by atoms with Crippen molar-refractivity contribution >= 4 is 5.97 Å². The summed E-state index contributed by atoms with van der Waals surface area (Å²) < 4.78 is 17.8. The Morgan fingerprint density at radius 3 is 2.16 bits per heavy atom. The molecule has 2 saturated heterocycles. The number of unbranched alkanes of at least 4 members (excludes halogenated alkanes) is 12. The lowest BCUT2D eigenvalue weighted by atomic mass is 10.0. The number of aliphatic hydroxyl groups excluding tert-OH is 2. The summed E-state index contributed by atoms with van der Waals surface area (Å²) in [5.41, 5.74) is 0.612. The van der Waals surface area contributed by atoms with E-state index in [1.165, 1.54) is 64.2 Å². The van der Waals surface area contributed by atoms with Crippen LogP contribution in [-0.4, -0.2) is 58.9 Å². The highest BCUT2D eigenvalue weighted by molar-refractivity contribution is 5.90. The zero-order valence-electron chi connectivity index (χ0n) is 27.6. The summed E-state index contributed by atoms with van der Waals surface area (Å²) in [5, 5.41) is 21.0. The van der Waals surface area contributed by atoms with Crippen LogP contribution >= 0.6 is 0 Å². The molecule has 7 unspecified atom stereocenters. The minimum atomic E-state index is -0.482. The van der Waals surface area contributed by atoms with E-state index in [1.807, 2.05) is 13.0 Å². The van der Waals surface area contributed by atoms with Gasteiger partial charge in [-0.2, -0.15) is 0 Å². The lowest BCUT2D eigenvalue weighted by Crippen LogP contribution is -2.31. The predicted molar refractivity (Wildman–Crippen MR) is 174 cm³/mol. The molecule has 0 spiro atoms. The second-order valence-electron chi connectivity index (χ2n) is 13.5. The van der Waals surface area contributed by atoms with Crippen molar-refractivity contribution in [2.75, 3.05) is 0 Å². The summed E-state index contributed by atoms with van der Waals surface area (Å²) in [6.45, 7) is 4.12. The minimum absolute atomic E-state index is 0.0560. The minimum Gasteiger partial charge on any atom is -0.455 e. The third-order valence-electron chi connectivity index (χ3n) is 9.60. The second kappa shape index (κ2) is 21.5. The van der Waals surface area contributed by atoms with E-state index in [4.69, 9.17) is 14.2 Å². The Morgan fingerprint density at radius 2 is 1.44 bits per heavy atom. The molecule has 3 aliphatic rings. The van der Waals surface area contributed by atoms with Crippen LogP contribution in [0.1, 0.15) is 162 Å². The van der Waals surface area contributed by atoms with E-state index in [1.54, 1.807) is 0 Å². The fraction of sp³-hybridized carbons (Fsp3) is 0.865. The van der Waals surface area contributed by atoms with Gasteiger partial charge in [0, 0.05) is 12.0 Å². The molecule has 2 fully saturated rings. The monoisotopic (exact) mass is 604 g/mol.